The largest absolute Gasteiger partial charge is 0.484 e. The molecule has 1 aromatic heterocycles. The van der Waals surface area contributed by atoms with E-state index in [0.29, 0.717) is 16.5 Å². The minimum absolute atomic E-state index is 0.0739. The van der Waals surface area contributed by atoms with Gasteiger partial charge >= 0.3 is 0 Å². The SMILES string of the molecule is Cc1ccc(OCc2nn(CC(=O)Nc3cccc(Cl)c3Cl)c(=S)o2)cc1. The van der Waals surface area contributed by atoms with Crippen LogP contribution < -0.4 is 10.1 Å². The number of carbonyl (C=O) groups is 1. The molecule has 0 atom stereocenters. The third-order valence-electron chi connectivity index (χ3n) is 3.55. The molecule has 1 N–H and O–H groups in total. The van der Waals surface area contributed by atoms with E-state index in [-0.39, 0.29) is 34.8 Å². The summed E-state index contributed by atoms with van der Waals surface area (Å²) in [7, 11) is 0. The van der Waals surface area contributed by atoms with Gasteiger partial charge in [-0.2, -0.15) is 0 Å². The molecule has 140 valence electrons. The zero-order valence-corrected chi connectivity index (χ0v) is 16.6. The molecule has 1 heterocycles. The molecule has 27 heavy (non-hydrogen) atoms. The van der Waals surface area contributed by atoms with Crippen molar-refractivity contribution in [3.8, 4) is 5.75 Å². The fraction of sp³-hybridized carbons (Fsp3) is 0.167. The quantitative estimate of drug-likeness (QED) is 0.562. The summed E-state index contributed by atoms with van der Waals surface area (Å²) in [4.78, 5) is 12.3. The Hall–Kier alpha value is -2.35. The van der Waals surface area contributed by atoms with Crippen molar-refractivity contribution in [3.05, 3.63) is 68.8 Å². The molecule has 0 spiro atoms. The first kappa shape index (κ1) is 19.4. The van der Waals surface area contributed by atoms with Gasteiger partial charge in [0.05, 0.1) is 15.7 Å². The second-order valence-electron chi connectivity index (χ2n) is 5.67. The van der Waals surface area contributed by atoms with Gasteiger partial charge in [-0.1, -0.05) is 47.0 Å². The van der Waals surface area contributed by atoms with E-state index < -0.39 is 0 Å². The van der Waals surface area contributed by atoms with Crippen molar-refractivity contribution in [1.29, 1.82) is 0 Å². The number of hydrogen-bond acceptors (Lipinski definition) is 5. The Labute approximate surface area is 170 Å². The Morgan fingerprint density at radius 2 is 2.00 bits per heavy atom. The number of amides is 1. The van der Waals surface area contributed by atoms with Crippen LogP contribution in [0.1, 0.15) is 11.5 Å². The van der Waals surface area contributed by atoms with Crippen molar-refractivity contribution in [2.45, 2.75) is 20.1 Å². The molecule has 0 aliphatic rings. The normalized spacial score (nSPS) is 10.6. The van der Waals surface area contributed by atoms with E-state index >= 15 is 0 Å². The van der Waals surface area contributed by atoms with E-state index in [9.17, 15) is 4.79 Å². The van der Waals surface area contributed by atoms with Crippen LogP contribution in [-0.2, 0) is 17.9 Å². The molecule has 3 rings (SSSR count). The predicted octanol–water partition coefficient (Wildman–Crippen LogP) is 5.04. The Bertz CT molecular complexity index is 1020. The summed E-state index contributed by atoms with van der Waals surface area (Å²) in [5.74, 6) is 0.591. The molecule has 9 heteroatoms. The van der Waals surface area contributed by atoms with E-state index in [2.05, 4.69) is 10.4 Å². The number of rotatable bonds is 6. The van der Waals surface area contributed by atoms with Gasteiger partial charge < -0.3 is 14.5 Å². The van der Waals surface area contributed by atoms with Crippen molar-refractivity contribution < 1.29 is 13.9 Å². The number of hydrogen-bond donors (Lipinski definition) is 1. The zero-order chi connectivity index (χ0) is 19.4. The van der Waals surface area contributed by atoms with E-state index in [4.69, 9.17) is 44.6 Å². The monoisotopic (exact) mass is 423 g/mol. The Kier molecular flexibility index (Phi) is 6.15. The molecule has 2 aromatic carbocycles. The molecule has 0 radical (unpaired) electrons. The average Bonchev–Trinajstić information content (AvgIpc) is 2.98. The van der Waals surface area contributed by atoms with E-state index in [1.807, 2.05) is 31.2 Å². The number of ether oxygens (including phenoxy) is 1. The molecule has 3 aromatic rings. The number of nitrogens with zero attached hydrogens (tertiary/aromatic N) is 2. The summed E-state index contributed by atoms with van der Waals surface area (Å²) in [6.07, 6.45) is 0. The number of halogens is 2. The van der Waals surface area contributed by atoms with Gasteiger partial charge in [0, 0.05) is 0 Å². The average molecular weight is 424 g/mol. The fourth-order valence-electron chi connectivity index (χ4n) is 2.21. The van der Waals surface area contributed by atoms with Crippen LogP contribution in [0, 0.1) is 11.8 Å². The van der Waals surface area contributed by atoms with Gasteiger partial charge in [-0.3, -0.25) is 4.79 Å². The highest BCUT2D eigenvalue weighted by atomic mass is 35.5. The van der Waals surface area contributed by atoms with E-state index in [0.717, 1.165) is 5.56 Å². The number of aromatic nitrogens is 2. The van der Waals surface area contributed by atoms with Crippen LogP contribution >= 0.6 is 35.4 Å². The summed E-state index contributed by atoms with van der Waals surface area (Å²) in [6.45, 7) is 1.96. The van der Waals surface area contributed by atoms with Crippen molar-refractivity contribution in [2.24, 2.45) is 0 Å². The molecule has 6 nitrogen and oxygen atoms in total. The Balaban J connectivity index is 1.62. The topological polar surface area (TPSA) is 69.3 Å². The Morgan fingerprint density at radius 1 is 1.26 bits per heavy atom. The second kappa shape index (κ2) is 8.56. The fourth-order valence-corrected chi connectivity index (χ4v) is 2.76. The highest BCUT2D eigenvalue weighted by molar-refractivity contribution is 7.71. The smallest absolute Gasteiger partial charge is 0.287 e. The van der Waals surface area contributed by atoms with Crippen LogP contribution in [-0.4, -0.2) is 15.7 Å². The summed E-state index contributed by atoms with van der Waals surface area (Å²) in [5.41, 5.74) is 1.54. The maximum absolute atomic E-state index is 12.2. The summed E-state index contributed by atoms with van der Waals surface area (Å²) in [6, 6.07) is 12.5. The number of aryl methyl sites for hydroxylation is 1. The third kappa shape index (κ3) is 5.09. The standard InChI is InChI=1S/C18H15Cl2N3O3S/c1-11-5-7-12(8-6-11)25-10-16-22-23(18(27)26-16)9-15(24)21-14-4-2-3-13(19)17(14)20/h2-8H,9-10H2,1H3,(H,21,24). The first-order valence-corrected chi connectivity index (χ1v) is 9.09. The minimum Gasteiger partial charge on any atom is -0.484 e. The van der Waals surface area contributed by atoms with Gasteiger partial charge in [0.15, 0.2) is 6.61 Å². The van der Waals surface area contributed by atoms with Crippen LogP contribution in [0.25, 0.3) is 0 Å². The lowest BCUT2D eigenvalue weighted by Crippen LogP contribution is -2.20. The van der Waals surface area contributed by atoms with Crippen molar-refractivity contribution in [2.75, 3.05) is 5.32 Å². The van der Waals surface area contributed by atoms with Crippen LogP contribution in [0.5, 0.6) is 5.75 Å². The number of carbonyl (C=O) groups excluding carboxylic acids is 1. The lowest BCUT2D eigenvalue weighted by Gasteiger charge is -2.07. The summed E-state index contributed by atoms with van der Waals surface area (Å²) >= 11 is 17.1. The van der Waals surface area contributed by atoms with Gasteiger partial charge in [0.25, 0.3) is 10.7 Å². The molecule has 0 aliphatic carbocycles. The van der Waals surface area contributed by atoms with Gasteiger partial charge in [-0.05, 0) is 43.4 Å². The molecule has 0 bridgehead atoms. The summed E-state index contributed by atoms with van der Waals surface area (Å²) in [5, 5.41) is 7.45. The molecule has 0 unspecified atom stereocenters. The third-order valence-corrected chi connectivity index (χ3v) is 4.66. The maximum Gasteiger partial charge on any atom is 0.287 e. The van der Waals surface area contributed by atoms with E-state index in [1.165, 1.54) is 4.68 Å². The number of nitrogens with one attached hydrogen (secondary N) is 1. The highest BCUT2D eigenvalue weighted by Crippen LogP contribution is 2.29. The van der Waals surface area contributed by atoms with Gasteiger partial charge in [0.2, 0.25) is 5.91 Å². The van der Waals surface area contributed by atoms with Crippen LogP contribution in [0.2, 0.25) is 10.0 Å². The predicted molar refractivity (Wildman–Crippen MR) is 106 cm³/mol. The van der Waals surface area contributed by atoms with Gasteiger partial charge in [-0.25, -0.2) is 4.68 Å². The molecule has 0 saturated carbocycles. The van der Waals surface area contributed by atoms with Crippen LogP contribution in [0.15, 0.2) is 46.9 Å². The first-order valence-electron chi connectivity index (χ1n) is 7.92. The zero-order valence-electron chi connectivity index (χ0n) is 14.2. The van der Waals surface area contributed by atoms with Crippen LogP contribution in [0.3, 0.4) is 0 Å². The van der Waals surface area contributed by atoms with Gasteiger partial charge in [0.1, 0.15) is 12.3 Å². The number of anilines is 1. The molecule has 0 fully saturated rings. The van der Waals surface area contributed by atoms with Crippen LogP contribution in [0.4, 0.5) is 5.69 Å². The lowest BCUT2D eigenvalue weighted by molar-refractivity contribution is -0.117. The highest BCUT2D eigenvalue weighted by Gasteiger charge is 2.12. The lowest BCUT2D eigenvalue weighted by atomic mass is 10.2. The van der Waals surface area contributed by atoms with Crippen molar-refractivity contribution in [1.82, 2.24) is 9.78 Å². The molecule has 0 aliphatic heterocycles. The first-order chi connectivity index (χ1) is 12.9. The molecular weight excluding hydrogens is 409 g/mol. The van der Waals surface area contributed by atoms with Gasteiger partial charge in [-0.15, -0.1) is 5.10 Å². The summed E-state index contributed by atoms with van der Waals surface area (Å²) < 4.78 is 12.2. The van der Waals surface area contributed by atoms with Crippen molar-refractivity contribution in [3.63, 3.8) is 0 Å². The van der Waals surface area contributed by atoms with E-state index in [1.54, 1.807) is 18.2 Å². The minimum atomic E-state index is -0.366. The molecule has 0 saturated heterocycles. The molecular formula is C18H15Cl2N3O3S. The maximum atomic E-state index is 12.2. The Morgan fingerprint density at radius 3 is 2.74 bits per heavy atom. The second-order valence-corrected chi connectivity index (χ2v) is 6.81. The molecule has 1 amide bonds. The number of benzene rings is 2. The van der Waals surface area contributed by atoms with Crippen molar-refractivity contribution >= 4 is 47.0 Å².